The maximum absolute atomic E-state index is 13.3. The fraction of sp³-hybridized carbons (Fsp3) is 0.350. The zero-order valence-electron chi connectivity index (χ0n) is 16.9. The first-order chi connectivity index (χ1) is 14.2. The van der Waals surface area contributed by atoms with Crippen LogP contribution in [-0.4, -0.2) is 43.7 Å². The Bertz CT molecular complexity index is 1130. The van der Waals surface area contributed by atoms with Crippen LogP contribution >= 0.6 is 11.8 Å². The van der Waals surface area contributed by atoms with Crippen LogP contribution in [0.3, 0.4) is 0 Å². The third-order valence-electron chi connectivity index (χ3n) is 4.67. The first-order valence-corrected chi connectivity index (χ1v) is 10.4. The number of Topliss-reactive ketones (excluding diaryl/α,β-unsaturated/α-hetero) is 1. The van der Waals surface area contributed by atoms with Crippen molar-refractivity contribution >= 4 is 29.3 Å². The smallest absolute Gasteiger partial charge is 0.306 e. The van der Waals surface area contributed by atoms with Crippen molar-refractivity contribution in [2.24, 2.45) is 0 Å². The van der Waals surface area contributed by atoms with E-state index in [0.29, 0.717) is 17.4 Å². The van der Waals surface area contributed by atoms with Crippen molar-refractivity contribution in [3.63, 3.8) is 0 Å². The minimum Gasteiger partial charge on any atom is -0.454 e. The van der Waals surface area contributed by atoms with Crippen LogP contribution < -0.4 is 0 Å². The number of nitrogens with zero attached hydrogens (tertiary/aromatic N) is 4. The predicted molar refractivity (Wildman–Crippen MR) is 107 cm³/mol. The van der Waals surface area contributed by atoms with Crippen molar-refractivity contribution in [3.8, 4) is 0 Å². The van der Waals surface area contributed by atoms with E-state index in [4.69, 9.17) is 4.74 Å². The van der Waals surface area contributed by atoms with E-state index in [1.54, 1.807) is 4.52 Å². The summed E-state index contributed by atoms with van der Waals surface area (Å²) >= 11 is 1.41. The molecule has 0 saturated heterocycles. The summed E-state index contributed by atoms with van der Waals surface area (Å²) in [6.07, 6.45) is 1.12. The summed E-state index contributed by atoms with van der Waals surface area (Å²) in [6.45, 7) is 5.09. The molecule has 0 aliphatic carbocycles. The Balaban J connectivity index is 1.66. The van der Waals surface area contributed by atoms with E-state index in [0.717, 1.165) is 35.2 Å². The summed E-state index contributed by atoms with van der Waals surface area (Å²) < 4.78 is 33.2. The van der Waals surface area contributed by atoms with Crippen molar-refractivity contribution in [3.05, 3.63) is 52.3 Å². The molecule has 0 fully saturated rings. The molecule has 1 atom stereocenters. The van der Waals surface area contributed by atoms with E-state index in [9.17, 15) is 18.4 Å². The van der Waals surface area contributed by atoms with Gasteiger partial charge in [-0.25, -0.2) is 18.3 Å². The fourth-order valence-electron chi connectivity index (χ4n) is 3.06. The monoisotopic (exact) mass is 434 g/mol. The van der Waals surface area contributed by atoms with Gasteiger partial charge in [0.25, 0.3) is 5.78 Å². The second-order valence-electron chi connectivity index (χ2n) is 6.70. The molecule has 0 aliphatic heterocycles. The second-order valence-corrected chi connectivity index (χ2v) is 7.47. The average Bonchev–Trinajstić information content (AvgIpc) is 3.12. The number of ketones is 1. The van der Waals surface area contributed by atoms with Crippen molar-refractivity contribution < 1.29 is 23.1 Å². The zero-order valence-corrected chi connectivity index (χ0v) is 17.7. The summed E-state index contributed by atoms with van der Waals surface area (Å²) in [4.78, 5) is 33.3. The second kappa shape index (κ2) is 8.86. The molecule has 3 aromatic rings. The number of halogens is 2. The molecule has 0 amide bonds. The Kier molecular flexibility index (Phi) is 6.45. The van der Waals surface area contributed by atoms with Gasteiger partial charge in [0.1, 0.15) is 0 Å². The van der Waals surface area contributed by atoms with Gasteiger partial charge in [-0.15, -0.1) is 5.10 Å². The van der Waals surface area contributed by atoms with Crippen LogP contribution in [0.2, 0.25) is 0 Å². The Labute approximate surface area is 175 Å². The molecule has 0 aliphatic rings. The van der Waals surface area contributed by atoms with Gasteiger partial charge in [-0.3, -0.25) is 9.59 Å². The van der Waals surface area contributed by atoms with Crippen LogP contribution in [-0.2, 0) is 16.0 Å². The van der Waals surface area contributed by atoms with Crippen molar-refractivity contribution in [2.45, 2.75) is 44.9 Å². The molecule has 0 saturated carbocycles. The lowest BCUT2D eigenvalue weighted by Crippen LogP contribution is -2.25. The van der Waals surface area contributed by atoms with E-state index in [-0.39, 0.29) is 12.0 Å². The number of hydrogen-bond donors (Lipinski definition) is 0. The lowest BCUT2D eigenvalue weighted by atomic mass is 10.1. The number of fused-ring (bicyclic) bond motifs is 1. The van der Waals surface area contributed by atoms with Crippen LogP contribution in [0.4, 0.5) is 8.78 Å². The number of benzene rings is 1. The lowest BCUT2D eigenvalue weighted by Gasteiger charge is -2.14. The lowest BCUT2D eigenvalue weighted by molar-refractivity contribution is -0.146. The van der Waals surface area contributed by atoms with Crippen molar-refractivity contribution in [1.82, 2.24) is 19.6 Å². The van der Waals surface area contributed by atoms with Crippen LogP contribution in [0.25, 0.3) is 5.78 Å². The van der Waals surface area contributed by atoms with Crippen molar-refractivity contribution in [1.29, 1.82) is 0 Å². The SMILES string of the molecule is CSc1nc2nc(C)c(CCC(=O)O[C@@H](C)C(=O)c3ccc(F)c(F)c3)c(C)n2n1. The average molecular weight is 434 g/mol. The van der Waals surface area contributed by atoms with E-state index in [2.05, 4.69) is 15.1 Å². The molecular formula is C20H20F2N4O3S. The molecule has 0 bridgehead atoms. The number of thioether (sulfide) groups is 1. The summed E-state index contributed by atoms with van der Waals surface area (Å²) in [5, 5.41) is 4.97. The van der Waals surface area contributed by atoms with Gasteiger partial charge in [0.2, 0.25) is 10.9 Å². The Morgan fingerprint density at radius 1 is 1.20 bits per heavy atom. The Morgan fingerprint density at radius 2 is 1.93 bits per heavy atom. The molecule has 2 heterocycles. The minimum atomic E-state index is -1.13. The molecule has 10 heteroatoms. The predicted octanol–water partition coefficient (Wildman–Crippen LogP) is 3.49. The summed E-state index contributed by atoms with van der Waals surface area (Å²) in [5.74, 6) is -2.88. The van der Waals surface area contributed by atoms with Gasteiger partial charge in [0.05, 0.1) is 0 Å². The third-order valence-corrected chi connectivity index (χ3v) is 5.21. The van der Waals surface area contributed by atoms with Gasteiger partial charge in [-0.1, -0.05) is 11.8 Å². The maximum atomic E-state index is 13.3. The van der Waals surface area contributed by atoms with E-state index in [1.807, 2.05) is 20.1 Å². The van der Waals surface area contributed by atoms with Crippen LogP contribution in [0.1, 0.15) is 40.7 Å². The molecule has 0 N–H and O–H groups in total. The fourth-order valence-corrected chi connectivity index (χ4v) is 3.40. The van der Waals surface area contributed by atoms with Crippen LogP contribution in [0, 0.1) is 25.5 Å². The standard InChI is InChI=1S/C20H20F2N4O3S/c1-10-14(11(2)26-19(23-10)24-20(25-26)30-4)6-8-17(27)29-12(3)18(28)13-5-7-15(21)16(22)9-13/h5,7,9,12H,6,8H2,1-4H3/t12-/m0/s1. The van der Waals surface area contributed by atoms with Crippen LogP contribution in [0.15, 0.2) is 23.4 Å². The van der Waals surface area contributed by atoms with Crippen LogP contribution in [0.5, 0.6) is 0 Å². The molecule has 158 valence electrons. The normalized spacial score (nSPS) is 12.2. The van der Waals surface area contributed by atoms with E-state index >= 15 is 0 Å². The summed E-state index contributed by atoms with van der Waals surface area (Å²) in [5.41, 5.74) is 2.34. The molecule has 3 rings (SSSR count). The number of ether oxygens (including phenoxy) is 1. The molecule has 0 spiro atoms. The number of esters is 1. The summed E-state index contributed by atoms with van der Waals surface area (Å²) in [6, 6.07) is 2.80. The number of carbonyl (C=O) groups excluding carboxylic acids is 2. The van der Waals surface area contributed by atoms with Gasteiger partial charge in [0.15, 0.2) is 17.7 Å². The van der Waals surface area contributed by atoms with Gasteiger partial charge >= 0.3 is 5.97 Å². The van der Waals surface area contributed by atoms with Gasteiger partial charge < -0.3 is 4.74 Å². The van der Waals surface area contributed by atoms with Gasteiger partial charge in [-0.2, -0.15) is 4.98 Å². The largest absolute Gasteiger partial charge is 0.454 e. The van der Waals surface area contributed by atoms with Crippen molar-refractivity contribution in [2.75, 3.05) is 6.26 Å². The summed E-state index contributed by atoms with van der Waals surface area (Å²) in [7, 11) is 0. The topological polar surface area (TPSA) is 86.5 Å². The molecule has 7 nitrogen and oxygen atoms in total. The van der Waals surface area contributed by atoms with E-state index in [1.165, 1.54) is 18.7 Å². The highest BCUT2D eigenvalue weighted by molar-refractivity contribution is 7.98. The maximum Gasteiger partial charge on any atom is 0.306 e. The highest BCUT2D eigenvalue weighted by Gasteiger charge is 2.21. The Hall–Kier alpha value is -2.88. The molecule has 0 unspecified atom stereocenters. The molecule has 2 aromatic heterocycles. The highest BCUT2D eigenvalue weighted by Crippen LogP contribution is 2.19. The number of carbonyl (C=O) groups is 2. The molecule has 1 aromatic carbocycles. The van der Waals surface area contributed by atoms with Gasteiger partial charge in [-0.05, 0) is 57.2 Å². The minimum absolute atomic E-state index is 0.0222. The number of rotatable bonds is 7. The number of hydrogen-bond acceptors (Lipinski definition) is 7. The zero-order chi connectivity index (χ0) is 22.0. The number of aryl methyl sites for hydroxylation is 2. The molecular weight excluding hydrogens is 414 g/mol. The first-order valence-electron chi connectivity index (χ1n) is 9.16. The first kappa shape index (κ1) is 21.8. The molecule has 0 radical (unpaired) electrons. The van der Waals surface area contributed by atoms with Gasteiger partial charge in [0, 0.05) is 23.4 Å². The third kappa shape index (κ3) is 4.48. The van der Waals surface area contributed by atoms with E-state index < -0.39 is 29.5 Å². The number of aromatic nitrogens is 4. The molecule has 30 heavy (non-hydrogen) atoms. The highest BCUT2D eigenvalue weighted by atomic mass is 32.2. The quantitative estimate of drug-likeness (QED) is 0.320. The Morgan fingerprint density at radius 3 is 2.60 bits per heavy atom.